The summed E-state index contributed by atoms with van der Waals surface area (Å²) >= 11 is 0. The van der Waals surface area contributed by atoms with Crippen molar-refractivity contribution in [2.45, 2.75) is 25.7 Å². The van der Waals surface area contributed by atoms with Gasteiger partial charge in [-0.05, 0) is 36.6 Å². The van der Waals surface area contributed by atoms with Crippen molar-refractivity contribution in [3.8, 4) is 0 Å². The number of carbonyl (C=O) groups is 2. The van der Waals surface area contributed by atoms with Gasteiger partial charge in [-0.15, -0.1) is 0 Å². The fraction of sp³-hybridized carbons (Fsp3) is 0.333. The topological polar surface area (TPSA) is 71.3 Å². The number of carbonyl (C=O) groups excluding carboxylic acids is 2. The molecule has 1 aromatic carbocycles. The number of nitrogens with one attached hydrogen (secondary N) is 2. The highest BCUT2D eigenvalue weighted by atomic mass is 16.3. The molecule has 2 aromatic rings. The zero-order valence-corrected chi connectivity index (χ0v) is 12.9. The first kappa shape index (κ1) is 15.3. The smallest absolute Gasteiger partial charge is 0.227 e. The summed E-state index contributed by atoms with van der Waals surface area (Å²) in [6, 6.07) is 11.5. The van der Waals surface area contributed by atoms with E-state index < -0.39 is 0 Å². The molecule has 0 spiro atoms. The van der Waals surface area contributed by atoms with Crippen LogP contribution in [0.25, 0.3) is 0 Å². The van der Waals surface area contributed by atoms with Gasteiger partial charge in [0, 0.05) is 31.0 Å². The van der Waals surface area contributed by atoms with E-state index >= 15 is 0 Å². The highest BCUT2D eigenvalue weighted by molar-refractivity contribution is 5.96. The van der Waals surface area contributed by atoms with Crippen LogP contribution in [0.4, 0.5) is 5.69 Å². The van der Waals surface area contributed by atoms with E-state index in [0.29, 0.717) is 32.2 Å². The lowest BCUT2D eigenvalue weighted by Gasteiger charge is -2.24. The molecule has 5 heteroatoms. The highest BCUT2D eigenvalue weighted by Gasteiger charge is 2.26. The monoisotopic (exact) mass is 312 g/mol. The van der Waals surface area contributed by atoms with Gasteiger partial charge in [0.2, 0.25) is 11.8 Å². The molecule has 23 heavy (non-hydrogen) atoms. The summed E-state index contributed by atoms with van der Waals surface area (Å²) < 4.78 is 5.21. The van der Waals surface area contributed by atoms with Crippen molar-refractivity contribution >= 4 is 17.5 Å². The third-order valence-corrected chi connectivity index (χ3v) is 4.11. The molecule has 1 atom stereocenters. The van der Waals surface area contributed by atoms with Crippen LogP contribution in [-0.4, -0.2) is 18.4 Å². The Morgan fingerprint density at radius 3 is 2.96 bits per heavy atom. The van der Waals surface area contributed by atoms with Crippen LogP contribution in [0.3, 0.4) is 0 Å². The summed E-state index contributed by atoms with van der Waals surface area (Å²) in [5.41, 5.74) is 2.02. The molecule has 3 rings (SSSR count). The molecule has 2 N–H and O–H groups in total. The van der Waals surface area contributed by atoms with Crippen molar-refractivity contribution in [3.05, 3.63) is 54.0 Å². The van der Waals surface area contributed by atoms with Crippen LogP contribution in [0.1, 0.15) is 24.2 Å². The van der Waals surface area contributed by atoms with Crippen molar-refractivity contribution in [1.29, 1.82) is 0 Å². The summed E-state index contributed by atoms with van der Waals surface area (Å²) in [5, 5.41) is 5.78. The largest absolute Gasteiger partial charge is 0.469 e. The van der Waals surface area contributed by atoms with E-state index in [1.165, 1.54) is 0 Å². The average Bonchev–Trinajstić information content (AvgIpc) is 3.06. The van der Waals surface area contributed by atoms with Gasteiger partial charge < -0.3 is 15.1 Å². The SMILES string of the molecule is O=C(CCC1Cc2ccccc2NC1=O)NCCc1ccco1. The van der Waals surface area contributed by atoms with Crippen LogP contribution in [0.2, 0.25) is 0 Å². The summed E-state index contributed by atoms with van der Waals surface area (Å²) in [5.74, 6) is 0.699. The molecule has 0 saturated heterocycles. The maximum Gasteiger partial charge on any atom is 0.227 e. The third kappa shape index (κ3) is 4.00. The van der Waals surface area contributed by atoms with E-state index in [1.807, 2.05) is 36.4 Å². The summed E-state index contributed by atoms with van der Waals surface area (Å²) in [6.07, 6.45) is 3.92. The van der Waals surface area contributed by atoms with Crippen LogP contribution >= 0.6 is 0 Å². The van der Waals surface area contributed by atoms with Gasteiger partial charge in [0.15, 0.2) is 0 Å². The van der Waals surface area contributed by atoms with Gasteiger partial charge in [-0.3, -0.25) is 9.59 Å². The summed E-state index contributed by atoms with van der Waals surface area (Å²) in [4.78, 5) is 24.0. The van der Waals surface area contributed by atoms with E-state index in [2.05, 4.69) is 10.6 Å². The lowest BCUT2D eigenvalue weighted by molar-refractivity contribution is -0.122. The maximum absolute atomic E-state index is 12.1. The number of fused-ring (bicyclic) bond motifs is 1. The molecule has 2 amide bonds. The zero-order valence-electron chi connectivity index (χ0n) is 12.9. The first-order chi connectivity index (χ1) is 11.2. The Labute approximate surface area is 135 Å². The average molecular weight is 312 g/mol. The molecular formula is C18H20N2O3. The van der Waals surface area contributed by atoms with Gasteiger partial charge in [-0.25, -0.2) is 0 Å². The van der Waals surface area contributed by atoms with E-state index in [1.54, 1.807) is 6.26 Å². The number of para-hydroxylation sites is 1. The Morgan fingerprint density at radius 2 is 2.13 bits per heavy atom. The second-order valence-electron chi connectivity index (χ2n) is 5.77. The molecule has 0 saturated carbocycles. The van der Waals surface area contributed by atoms with Gasteiger partial charge >= 0.3 is 0 Å². The molecule has 1 unspecified atom stereocenters. The minimum Gasteiger partial charge on any atom is -0.469 e. The Kier molecular flexibility index (Phi) is 4.76. The summed E-state index contributed by atoms with van der Waals surface area (Å²) in [7, 11) is 0. The number of amides is 2. The predicted octanol–water partition coefficient (Wildman–Crippen LogP) is 2.53. The minimum atomic E-state index is -0.138. The first-order valence-corrected chi connectivity index (χ1v) is 7.90. The normalized spacial score (nSPS) is 16.5. The number of rotatable bonds is 6. The van der Waals surface area contributed by atoms with Crippen molar-refractivity contribution in [2.75, 3.05) is 11.9 Å². The lowest BCUT2D eigenvalue weighted by atomic mass is 9.89. The second-order valence-corrected chi connectivity index (χ2v) is 5.77. The van der Waals surface area contributed by atoms with Crippen molar-refractivity contribution in [3.63, 3.8) is 0 Å². The number of hydrogen-bond acceptors (Lipinski definition) is 3. The molecular weight excluding hydrogens is 292 g/mol. The number of benzene rings is 1. The molecule has 1 aromatic heterocycles. The van der Waals surface area contributed by atoms with E-state index in [9.17, 15) is 9.59 Å². The molecule has 1 aliphatic rings. The second kappa shape index (κ2) is 7.13. The van der Waals surface area contributed by atoms with Crippen molar-refractivity contribution in [1.82, 2.24) is 5.32 Å². The number of hydrogen-bond donors (Lipinski definition) is 2. The standard InChI is InChI=1S/C18H20N2O3/c21-17(19-10-9-15-5-3-11-23-15)8-7-14-12-13-4-1-2-6-16(13)20-18(14)22/h1-6,11,14H,7-10,12H2,(H,19,21)(H,20,22). The fourth-order valence-electron chi connectivity index (χ4n) is 2.82. The molecule has 0 aliphatic carbocycles. The van der Waals surface area contributed by atoms with E-state index in [4.69, 9.17) is 4.42 Å². The van der Waals surface area contributed by atoms with Crippen LogP contribution in [0.5, 0.6) is 0 Å². The minimum absolute atomic E-state index is 0.00656. The Balaban J connectivity index is 1.43. The Hall–Kier alpha value is -2.56. The molecule has 120 valence electrons. The van der Waals surface area contributed by atoms with Crippen LogP contribution in [0.15, 0.2) is 47.1 Å². The van der Waals surface area contributed by atoms with Crippen molar-refractivity contribution in [2.24, 2.45) is 5.92 Å². The molecule has 0 bridgehead atoms. The number of anilines is 1. The van der Waals surface area contributed by atoms with Gasteiger partial charge in [0.05, 0.1) is 6.26 Å². The maximum atomic E-state index is 12.1. The van der Waals surface area contributed by atoms with E-state index in [-0.39, 0.29) is 17.7 Å². The van der Waals surface area contributed by atoms with Crippen LogP contribution in [-0.2, 0) is 22.4 Å². The molecule has 5 nitrogen and oxygen atoms in total. The van der Waals surface area contributed by atoms with Gasteiger partial charge in [0.25, 0.3) is 0 Å². The molecule has 0 radical (unpaired) electrons. The van der Waals surface area contributed by atoms with Gasteiger partial charge in [0.1, 0.15) is 5.76 Å². The summed E-state index contributed by atoms with van der Waals surface area (Å²) in [6.45, 7) is 0.548. The molecule has 1 aliphatic heterocycles. The fourth-order valence-corrected chi connectivity index (χ4v) is 2.82. The first-order valence-electron chi connectivity index (χ1n) is 7.90. The third-order valence-electron chi connectivity index (χ3n) is 4.11. The Bertz CT molecular complexity index is 679. The number of furan rings is 1. The quantitative estimate of drug-likeness (QED) is 0.861. The van der Waals surface area contributed by atoms with Crippen molar-refractivity contribution < 1.29 is 14.0 Å². The lowest BCUT2D eigenvalue weighted by Crippen LogP contribution is -2.32. The predicted molar refractivity (Wildman–Crippen MR) is 86.9 cm³/mol. The van der Waals surface area contributed by atoms with E-state index in [0.717, 1.165) is 17.0 Å². The van der Waals surface area contributed by atoms with Crippen LogP contribution in [0, 0.1) is 5.92 Å². The van der Waals surface area contributed by atoms with Crippen LogP contribution < -0.4 is 10.6 Å². The highest BCUT2D eigenvalue weighted by Crippen LogP contribution is 2.27. The molecule has 0 fully saturated rings. The molecule has 2 heterocycles. The van der Waals surface area contributed by atoms with Gasteiger partial charge in [-0.2, -0.15) is 0 Å². The zero-order chi connectivity index (χ0) is 16.1. The van der Waals surface area contributed by atoms with Gasteiger partial charge in [-0.1, -0.05) is 18.2 Å². The Morgan fingerprint density at radius 1 is 1.26 bits per heavy atom.